The maximum absolute atomic E-state index is 6.06. The van der Waals surface area contributed by atoms with Crippen molar-refractivity contribution < 1.29 is 0 Å². The number of rotatable bonds is 3. The van der Waals surface area contributed by atoms with E-state index in [1.807, 2.05) is 6.07 Å². The van der Waals surface area contributed by atoms with Gasteiger partial charge in [0.1, 0.15) is 5.82 Å². The molecule has 1 fully saturated rings. The molecule has 0 radical (unpaired) electrons. The van der Waals surface area contributed by atoms with Crippen molar-refractivity contribution in [1.82, 2.24) is 9.55 Å². The Morgan fingerprint density at radius 2 is 2.12 bits per heavy atom. The monoisotopic (exact) mass is 248 g/mol. The van der Waals surface area contributed by atoms with Gasteiger partial charge in [0.15, 0.2) is 0 Å². The number of halogens is 1. The van der Waals surface area contributed by atoms with Crippen LogP contribution in [0.2, 0.25) is 0 Å². The zero-order valence-corrected chi connectivity index (χ0v) is 10.9. The van der Waals surface area contributed by atoms with E-state index in [2.05, 4.69) is 34.7 Å². The molecule has 1 aromatic carbocycles. The predicted molar refractivity (Wildman–Crippen MR) is 71.4 cm³/mol. The van der Waals surface area contributed by atoms with E-state index in [4.69, 9.17) is 11.6 Å². The summed E-state index contributed by atoms with van der Waals surface area (Å²) in [5.41, 5.74) is 2.59. The summed E-state index contributed by atoms with van der Waals surface area (Å²) in [5, 5.41) is 0. The molecule has 1 saturated carbocycles. The molecule has 3 rings (SSSR count). The molecule has 0 aliphatic heterocycles. The second kappa shape index (κ2) is 4.02. The van der Waals surface area contributed by atoms with Crippen molar-refractivity contribution in [3.8, 4) is 0 Å². The van der Waals surface area contributed by atoms with Gasteiger partial charge in [-0.05, 0) is 37.8 Å². The first-order valence-electron chi connectivity index (χ1n) is 6.33. The molecule has 1 aliphatic rings. The molecule has 0 atom stereocenters. The first kappa shape index (κ1) is 11.1. The lowest BCUT2D eigenvalue weighted by molar-refractivity contribution is 0.138. The second-order valence-corrected chi connectivity index (χ2v) is 5.18. The first-order chi connectivity index (χ1) is 8.30. The third-order valence-corrected chi connectivity index (χ3v) is 4.41. The van der Waals surface area contributed by atoms with Gasteiger partial charge in [0, 0.05) is 5.54 Å². The quantitative estimate of drug-likeness (QED) is 0.749. The number of benzene rings is 1. The minimum Gasteiger partial charge on any atom is -0.321 e. The van der Waals surface area contributed by atoms with Crippen LogP contribution in [-0.2, 0) is 11.4 Å². The van der Waals surface area contributed by atoms with Crippen LogP contribution < -0.4 is 0 Å². The lowest BCUT2D eigenvalue weighted by Gasteiger charge is -2.44. The van der Waals surface area contributed by atoms with Crippen molar-refractivity contribution in [2.24, 2.45) is 0 Å². The van der Waals surface area contributed by atoms with Crippen molar-refractivity contribution in [3.63, 3.8) is 0 Å². The van der Waals surface area contributed by atoms with Gasteiger partial charge >= 0.3 is 0 Å². The highest BCUT2D eigenvalue weighted by Gasteiger charge is 2.39. The third kappa shape index (κ3) is 1.50. The maximum atomic E-state index is 6.06. The lowest BCUT2D eigenvalue weighted by atomic mass is 9.74. The normalized spacial score (nSPS) is 18.2. The molecule has 17 heavy (non-hydrogen) atoms. The standard InChI is InChI=1S/C14H17ClN2/c1-2-14(8-5-9-14)17-12-7-4-3-6-11(12)16-13(17)10-15/h3-4,6-7H,2,5,8-10H2,1H3. The zero-order chi connectivity index (χ0) is 11.9. The zero-order valence-electron chi connectivity index (χ0n) is 10.1. The Morgan fingerprint density at radius 3 is 2.71 bits per heavy atom. The van der Waals surface area contributed by atoms with Crippen molar-refractivity contribution in [1.29, 1.82) is 0 Å². The SMILES string of the molecule is CCC1(n2c(CCl)nc3ccccc32)CCC1. The lowest BCUT2D eigenvalue weighted by Crippen LogP contribution is -2.40. The van der Waals surface area contributed by atoms with Crippen LogP contribution in [0.1, 0.15) is 38.4 Å². The van der Waals surface area contributed by atoms with Gasteiger partial charge in [0.25, 0.3) is 0 Å². The summed E-state index contributed by atoms with van der Waals surface area (Å²) in [4.78, 5) is 4.66. The number of imidazole rings is 1. The summed E-state index contributed by atoms with van der Waals surface area (Å²) in [6.45, 7) is 2.27. The van der Waals surface area contributed by atoms with Gasteiger partial charge in [0.05, 0.1) is 16.9 Å². The van der Waals surface area contributed by atoms with Crippen molar-refractivity contribution in [3.05, 3.63) is 30.1 Å². The van der Waals surface area contributed by atoms with E-state index >= 15 is 0 Å². The molecule has 0 spiro atoms. The van der Waals surface area contributed by atoms with Crippen LogP contribution in [0.15, 0.2) is 24.3 Å². The summed E-state index contributed by atoms with van der Waals surface area (Å²) >= 11 is 6.06. The van der Waals surface area contributed by atoms with E-state index in [0.717, 1.165) is 17.8 Å². The minimum absolute atomic E-state index is 0.278. The van der Waals surface area contributed by atoms with E-state index in [9.17, 15) is 0 Å². The molecule has 90 valence electrons. The molecule has 1 aliphatic carbocycles. The number of aromatic nitrogens is 2. The molecular weight excluding hydrogens is 232 g/mol. The summed E-state index contributed by atoms with van der Waals surface area (Å²) in [5.74, 6) is 1.52. The molecule has 1 heterocycles. The Labute approximate surface area is 107 Å². The van der Waals surface area contributed by atoms with Crippen molar-refractivity contribution in [2.45, 2.75) is 44.0 Å². The fraction of sp³-hybridized carbons (Fsp3) is 0.500. The Bertz CT molecular complexity index is 535. The summed E-state index contributed by atoms with van der Waals surface area (Å²) in [6.07, 6.45) is 5.00. The van der Waals surface area contributed by atoms with Gasteiger partial charge in [-0.25, -0.2) is 4.98 Å². The Kier molecular flexibility index (Phi) is 2.62. The first-order valence-corrected chi connectivity index (χ1v) is 6.87. The molecule has 0 saturated heterocycles. The van der Waals surface area contributed by atoms with E-state index < -0.39 is 0 Å². The van der Waals surface area contributed by atoms with Gasteiger partial charge in [0.2, 0.25) is 0 Å². The fourth-order valence-corrected chi connectivity index (χ4v) is 3.19. The second-order valence-electron chi connectivity index (χ2n) is 4.92. The number of para-hydroxylation sites is 2. The van der Waals surface area contributed by atoms with Crippen LogP contribution in [0, 0.1) is 0 Å². The third-order valence-electron chi connectivity index (χ3n) is 4.17. The van der Waals surface area contributed by atoms with Gasteiger partial charge in [-0.15, -0.1) is 11.6 Å². The summed E-state index contributed by atoms with van der Waals surface area (Å²) < 4.78 is 2.40. The van der Waals surface area contributed by atoms with Crippen LogP contribution in [0.5, 0.6) is 0 Å². The number of nitrogens with zero attached hydrogens (tertiary/aromatic N) is 2. The molecule has 2 nitrogen and oxygen atoms in total. The van der Waals surface area contributed by atoms with Gasteiger partial charge < -0.3 is 4.57 Å². The smallest absolute Gasteiger partial charge is 0.125 e. The highest BCUT2D eigenvalue weighted by atomic mass is 35.5. The molecule has 0 amide bonds. The summed E-state index contributed by atoms with van der Waals surface area (Å²) in [7, 11) is 0. The van der Waals surface area contributed by atoms with Crippen LogP contribution in [0.3, 0.4) is 0 Å². The topological polar surface area (TPSA) is 17.8 Å². The minimum atomic E-state index is 0.278. The van der Waals surface area contributed by atoms with E-state index in [-0.39, 0.29) is 5.54 Å². The fourth-order valence-electron chi connectivity index (χ4n) is 3.01. The van der Waals surface area contributed by atoms with Crippen LogP contribution >= 0.6 is 11.6 Å². The average Bonchev–Trinajstić information content (AvgIpc) is 2.68. The number of hydrogen-bond acceptors (Lipinski definition) is 1. The largest absolute Gasteiger partial charge is 0.321 e. The molecule has 2 aromatic rings. The van der Waals surface area contributed by atoms with E-state index in [1.54, 1.807) is 0 Å². The average molecular weight is 249 g/mol. The molecule has 0 unspecified atom stereocenters. The Hall–Kier alpha value is -1.02. The van der Waals surface area contributed by atoms with Gasteiger partial charge in [-0.2, -0.15) is 0 Å². The van der Waals surface area contributed by atoms with Crippen LogP contribution in [0.4, 0.5) is 0 Å². The highest BCUT2D eigenvalue weighted by molar-refractivity contribution is 6.16. The highest BCUT2D eigenvalue weighted by Crippen LogP contribution is 2.44. The number of hydrogen-bond donors (Lipinski definition) is 0. The predicted octanol–water partition coefficient (Wildman–Crippen LogP) is 4.06. The van der Waals surface area contributed by atoms with Gasteiger partial charge in [-0.3, -0.25) is 0 Å². The summed E-state index contributed by atoms with van der Waals surface area (Å²) in [6, 6.07) is 8.36. The van der Waals surface area contributed by atoms with Crippen molar-refractivity contribution >= 4 is 22.6 Å². The molecule has 1 aromatic heterocycles. The van der Waals surface area contributed by atoms with Gasteiger partial charge in [-0.1, -0.05) is 19.1 Å². The van der Waals surface area contributed by atoms with E-state index in [0.29, 0.717) is 5.88 Å². The molecule has 3 heteroatoms. The molecular formula is C14H17ClN2. The molecule has 0 bridgehead atoms. The molecule has 0 N–H and O–H groups in total. The maximum Gasteiger partial charge on any atom is 0.125 e. The number of fused-ring (bicyclic) bond motifs is 1. The number of alkyl halides is 1. The van der Waals surface area contributed by atoms with Crippen molar-refractivity contribution in [2.75, 3.05) is 0 Å². The Morgan fingerprint density at radius 1 is 1.35 bits per heavy atom. The Balaban J connectivity index is 2.25. The van der Waals surface area contributed by atoms with E-state index in [1.165, 1.54) is 24.8 Å². The van der Waals surface area contributed by atoms with Crippen LogP contribution in [-0.4, -0.2) is 9.55 Å². The van der Waals surface area contributed by atoms with Crippen LogP contribution in [0.25, 0.3) is 11.0 Å².